The van der Waals surface area contributed by atoms with E-state index in [2.05, 4.69) is 4.98 Å². The van der Waals surface area contributed by atoms with Gasteiger partial charge in [0.1, 0.15) is 6.67 Å². The molecule has 0 radical (unpaired) electrons. The van der Waals surface area contributed by atoms with Crippen molar-refractivity contribution in [3.8, 4) is 0 Å². The van der Waals surface area contributed by atoms with Gasteiger partial charge in [-0.05, 0) is 24.6 Å². The number of halogens is 2. The Hall–Kier alpha value is -2.35. The molecule has 1 fully saturated rings. The number of carbonyl (C=O) groups excluding carboxylic acids is 2. The zero-order chi connectivity index (χ0) is 16.4. The molecule has 3 rings (SSSR count). The summed E-state index contributed by atoms with van der Waals surface area (Å²) in [6.07, 6.45) is 2.73. The third-order valence-corrected chi connectivity index (χ3v) is 4.34. The zero-order valence-electron chi connectivity index (χ0n) is 12.0. The molecule has 0 unspecified atom stereocenters. The van der Waals surface area contributed by atoms with Crippen LogP contribution in [0.4, 0.5) is 13.9 Å². The molecule has 5 nitrogen and oxygen atoms in total. The van der Waals surface area contributed by atoms with E-state index >= 15 is 0 Å². The van der Waals surface area contributed by atoms with E-state index in [0.29, 0.717) is 18.1 Å². The van der Waals surface area contributed by atoms with E-state index in [-0.39, 0.29) is 18.1 Å². The lowest BCUT2D eigenvalue weighted by Crippen LogP contribution is -2.42. The SMILES string of the molecule is O=C1CCCN1CN(C(=O)c1ccc(F)c(F)c1)c1nccs1. The molecule has 0 aliphatic carbocycles. The fraction of sp³-hybridized carbons (Fsp3) is 0.267. The second-order valence-electron chi connectivity index (χ2n) is 5.08. The first-order chi connectivity index (χ1) is 11.1. The predicted octanol–water partition coefficient (Wildman–Crippen LogP) is 2.65. The molecule has 2 heterocycles. The van der Waals surface area contributed by atoms with Crippen molar-refractivity contribution in [3.05, 3.63) is 47.0 Å². The summed E-state index contributed by atoms with van der Waals surface area (Å²) in [5.74, 6) is -2.67. The summed E-state index contributed by atoms with van der Waals surface area (Å²) in [5, 5.41) is 2.10. The van der Waals surface area contributed by atoms with Gasteiger partial charge in [0, 0.05) is 30.1 Å². The highest BCUT2D eigenvalue weighted by atomic mass is 32.1. The van der Waals surface area contributed by atoms with Gasteiger partial charge in [-0.25, -0.2) is 13.8 Å². The number of hydrogen-bond donors (Lipinski definition) is 0. The van der Waals surface area contributed by atoms with Crippen LogP contribution in [0.3, 0.4) is 0 Å². The van der Waals surface area contributed by atoms with Crippen LogP contribution < -0.4 is 4.90 Å². The molecular weight excluding hydrogens is 324 g/mol. The Morgan fingerprint density at radius 1 is 1.35 bits per heavy atom. The standard InChI is InChI=1S/C15H13F2N3O2S/c16-11-4-3-10(8-12(11)17)14(22)20(15-18-5-7-23-15)9-19-6-1-2-13(19)21/h3-5,7-8H,1-2,6,9H2. The Labute approximate surface area is 135 Å². The molecule has 8 heteroatoms. The largest absolute Gasteiger partial charge is 0.324 e. The quantitative estimate of drug-likeness (QED) is 0.862. The number of benzene rings is 1. The Morgan fingerprint density at radius 3 is 2.78 bits per heavy atom. The molecule has 2 amide bonds. The summed E-state index contributed by atoms with van der Waals surface area (Å²) in [4.78, 5) is 31.4. The van der Waals surface area contributed by atoms with Crippen LogP contribution in [-0.2, 0) is 4.79 Å². The Bertz CT molecular complexity index is 736. The number of amides is 2. The lowest BCUT2D eigenvalue weighted by atomic mass is 10.2. The number of thiazole rings is 1. The maximum Gasteiger partial charge on any atom is 0.261 e. The van der Waals surface area contributed by atoms with Crippen molar-refractivity contribution in [1.82, 2.24) is 9.88 Å². The molecule has 2 aromatic rings. The first-order valence-electron chi connectivity index (χ1n) is 7.00. The minimum atomic E-state index is -1.09. The van der Waals surface area contributed by atoms with E-state index in [1.54, 1.807) is 10.3 Å². The van der Waals surface area contributed by atoms with Crippen molar-refractivity contribution >= 4 is 28.3 Å². The molecule has 0 N–H and O–H groups in total. The maximum atomic E-state index is 13.4. The first kappa shape index (κ1) is 15.5. The monoisotopic (exact) mass is 337 g/mol. The third kappa shape index (κ3) is 3.21. The van der Waals surface area contributed by atoms with Crippen LogP contribution >= 0.6 is 11.3 Å². The number of rotatable bonds is 4. The molecule has 120 valence electrons. The van der Waals surface area contributed by atoms with Crippen molar-refractivity contribution in [1.29, 1.82) is 0 Å². The second-order valence-corrected chi connectivity index (χ2v) is 5.95. The summed E-state index contributed by atoms with van der Waals surface area (Å²) in [7, 11) is 0. The van der Waals surface area contributed by atoms with E-state index < -0.39 is 17.5 Å². The zero-order valence-corrected chi connectivity index (χ0v) is 12.9. The normalized spacial score (nSPS) is 14.3. The average molecular weight is 337 g/mol. The van der Waals surface area contributed by atoms with Gasteiger partial charge in [0.15, 0.2) is 16.8 Å². The molecule has 1 aliphatic heterocycles. The Morgan fingerprint density at radius 2 is 2.17 bits per heavy atom. The van der Waals surface area contributed by atoms with E-state index in [1.807, 2.05) is 0 Å². The highest BCUT2D eigenvalue weighted by Crippen LogP contribution is 2.23. The molecule has 0 saturated carbocycles. The summed E-state index contributed by atoms with van der Waals surface area (Å²) in [5.41, 5.74) is 0.00532. The van der Waals surface area contributed by atoms with Crippen LogP contribution in [0.1, 0.15) is 23.2 Å². The fourth-order valence-electron chi connectivity index (χ4n) is 2.37. The van der Waals surface area contributed by atoms with Crippen LogP contribution in [-0.4, -0.2) is 34.9 Å². The number of likely N-dealkylation sites (tertiary alicyclic amines) is 1. The van der Waals surface area contributed by atoms with Crippen molar-refractivity contribution in [2.45, 2.75) is 12.8 Å². The molecule has 1 aliphatic rings. The van der Waals surface area contributed by atoms with Gasteiger partial charge in [0.25, 0.3) is 5.91 Å². The van der Waals surface area contributed by atoms with E-state index in [9.17, 15) is 18.4 Å². The molecule has 1 saturated heterocycles. The van der Waals surface area contributed by atoms with Crippen molar-refractivity contribution in [2.24, 2.45) is 0 Å². The lowest BCUT2D eigenvalue weighted by molar-refractivity contribution is -0.127. The number of nitrogens with zero attached hydrogens (tertiary/aromatic N) is 3. The second kappa shape index (κ2) is 6.41. The topological polar surface area (TPSA) is 53.5 Å². The minimum Gasteiger partial charge on any atom is -0.324 e. The number of anilines is 1. The van der Waals surface area contributed by atoms with Gasteiger partial charge in [-0.3, -0.25) is 14.5 Å². The van der Waals surface area contributed by atoms with Crippen LogP contribution in [0.25, 0.3) is 0 Å². The van der Waals surface area contributed by atoms with Crippen molar-refractivity contribution < 1.29 is 18.4 Å². The molecular formula is C15H13F2N3O2S. The van der Waals surface area contributed by atoms with Crippen LogP contribution in [0, 0.1) is 11.6 Å². The van der Waals surface area contributed by atoms with Gasteiger partial charge < -0.3 is 4.90 Å². The molecule has 1 aromatic carbocycles. The van der Waals surface area contributed by atoms with Gasteiger partial charge in [-0.2, -0.15) is 0 Å². The Kier molecular flexibility index (Phi) is 4.33. The molecule has 23 heavy (non-hydrogen) atoms. The average Bonchev–Trinajstić information content (AvgIpc) is 3.19. The van der Waals surface area contributed by atoms with Crippen LogP contribution in [0.15, 0.2) is 29.8 Å². The highest BCUT2D eigenvalue weighted by Gasteiger charge is 2.27. The molecule has 1 aromatic heterocycles. The van der Waals surface area contributed by atoms with E-state index in [0.717, 1.165) is 18.6 Å². The number of hydrogen-bond acceptors (Lipinski definition) is 4. The van der Waals surface area contributed by atoms with Gasteiger partial charge in [-0.1, -0.05) is 0 Å². The van der Waals surface area contributed by atoms with Crippen LogP contribution in [0.2, 0.25) is 0 Å². The van der Waals surface area contributed by atoms with E-state index in [1.165, 1.54) is 28.5 Å². The summed E-state index contributed by atoms with van der Waals surface area (Å²) in [6, 6.07) is 2.97. The predicted molar refractivity (Wildman–Crippen MR) is 81.1 cm³/mol. The highest BCUT2D eigenvalue weighted by molar-refractivity contribution is 7.13. The lowest BCUT2D eigenvalue weighted by Gasteiger charge is -2.26. The van der Waals surface area contributed by atoms with Crippen LogP contribution in [0.5, 0.6) is 0 Å². The summed E-state index contributed by atoms with van der Waals surface area (Å²) in [6.45, 7) is 0.607. The first-order valence-corrected chi connectivity index (χ1v) is 7.88. The van der Waals surface area contributed by atoms with Crippen molar-refractivity contribution in [3.63, 3.8) is 0 Å². The van der Waals surface area contributed by atoms with Gasteiger partial charge in [-0.15, -0.1) is 11.3 Å². The molecule has 0 atom stereocenters. The smallest absolute Gasteiger partial charge is 0.261 e. The minimum absolute atomic E-state index is 0.00532. The van der Waals surface area contributed by atoms with Gasteiger partial charge in [0.2, 0.25) is 5.91 Å². The van der Waals surface area contributed by atoms with Crippen molar-refractivity contribution in [2.75, 3.05) is 18.1 Å². The maximum absolute atomic E-state index is 13.4. The number of carbonyl (C=O) groups is 2. The molecule has 0 bridgehead atoms. The number of aromatic nitrogens is 1. The summed E-state index contributed by atoms with van der Waals surface area (Å²) < 4.78 is 26.4. The third-order valence-electron chi connectivity index (χ3n) is 3.55. The Balaban J connectivity index is 1.89. The summed E-state index contributed by atoms with van der Waals surface area (Å²) >= 11 is 1.23. The molecule has 0 spiro atoms. The van der Waals surface area contributed by atoms with Gasteiger partial charge in [0.05, 0.1) is 0 Å². The fourth-order valence-corrected chi connectivity index (χ4v) is 3.00. The van der Waals surface area contributed by atoms with E-state index in [4.69, 9.17) is 0 Å². The van der Waals surface area contributed by atoms with Gasteiger partial charge >= 0.3 is 0 Å².